The Bertz CT molecular complexity index is 480. The molecule has 0 aliphatic rings. The summed E-state index contributed by atoms with van der Waals surface area (Å²) in [4.78, 5) is 4.17. The molecule has 0 saturated heterocycles. The average molecular weight is 304 g/mol. The number of nitrogens with zero attached hydrogens (tertiary/aromatic N) is 2. The Balaban J connectivity index is 2.18. The molecule has 2 N–H and O–H groups in total. The van der Waals surface area contributed by atoms with E-state index < -0.39 is 0 Å². The summed E-state index contributed by atoms with van der Waals surface area (Å²) in [5.74, 6) is 0.751. The van der Waals surface area contributed by atoms with Crippen LogP contribution in [0.4, 0.5) is 0 Å². The monoisotopic (exact) mass is 304 g/mol. The maximum Gasteiger partial charge on any atom is 0.191 e. The van der Waals surface area contributed by atoms with E-state index in [1.807, 2.05) is 24.3 Å². The Hall–Kier alpha value is -2.10. The van der Waals surface area contributed by atoms with Gasteiger partial charge in [-0.05, 0) is 24.1 Å². The first-order chi connectivity index (χ1) is 10.8. The number of methoxy groups -OCH3 is 1. The number of hydrogen-bond acceptors (Lipinski definition) is 4. The molecule has 0 unspecified atom stereocenters. The van der Waals surface area contributed by atoms with Gasteiger partial charge in [0.2, 0.25) is 0 Å². The summed E-state index contributed by atoms with van der Waals surface area (Å²) in [6.07, 6.45) is 0.904. The highest BCUT2D eigenvalue weighted by Crippen LogP contribution is 2.02. The van der Waals surface area contributed by atoms with E-state index >= 15 is 0 Å². The van der Waals surface area contributed by atoms with Gasteiger partial charge in [-0.25, -0.2) is 0 Å². The van der Waals surface area contributed by atoms with Crippen molar-refractivity contribution < 1.29 is 9.47 Å². The van der Waals surface area contributed by atoms with Gasteiger partial charge in [-0.2, -0.15) is 5.26 Å². The minimum Gasteiger partial charge on any atom is -0.382 e. The number of benzene rings is 1. The Morgan fingerprint density at radius 2 is 1.95 bits per heavy atom. The third-order valence-corrected chi connectivity index (χ3v) is 2.96. The number of nitriles is 1. The van der Waals surface area contributed by atoms with Gasteiger partial charge < -0.3 is 20.1 Å². The molecule has 120 valence electrons. The van der Waals surface area contributed by atoms with Gasteiger partial charge in [0.25, 0.3) is 0 Å². The zero-order valence-corrected chi connectivity index (χ0v) is 13.3. The van der Waals surface area contributed by atoms with Crippen LogP contribution in [0.15, 0.2) is 29.3 Å². The molecule has 0 aromatic heterocycles. The lowest BCUT2D eigenvalue weighted by Crippen LogP contribution is -2.37. The third kappa shape index (κ3) is 7.62. The van der Waals surface area contributed by atoms with E-state index in [9.17, 15) is 0 Å². The molecule has 6 heteroatoms. The summed E-state index contributed by atoms with van der Waals surface area (Å²) in [7, 11) is 3.40. The van der Waals surface area contributed by atoms with E-state index in [0.717, 1.165) is 24.5 Å². The van der Waals surface area contributed by atoms with Crippen LogP contribution in [0, 0.1) is 11.3 Å². The largest absolute Gasteiger partial charge is 0.382 e. The lowest BCUT2D eigenvalue weighted by molar-refractivity contribution is 0.0698. The van der Waals surface area contributed by atoms with Gasteiger partial charge >= 0.3 is 0 Å². The normalized spacial score (nSPS) is 11.0. The van der Waals surface area contributed by atoms with Gasteiger partial charge in [0, 0.05) is 33.9 Å². The van der Waals surface area contributed by atoms with Gasteiger partial charge in [0.1, 0.15) is 0 Å². The van der Waals surface area contributed by atoms with E-state index in [1.54, 1.807) is 14.2 Å². The van der Waals surface area contributed by atoms with Gasteiger partial charge in [-0.15, -0.1) is 0 Å². The fourth-order valence-corrected chi connectivity index (χ4v) is 1.73. The smallest absolute Gasteiger partial charge is 0.191 e. The Kier molecular flexibility index (Phi) is 9.42. The molecule has 0 heterocycles. The predicted octanol–water partition coefficient (Wildman–Crippen LogP) is 1.28. The van der Waals surface area contributed by atoms with Crippen molar-refractivity contribution in [3.05, 3.63) is 35.4 Å². The van der Waals surface area contributed by atoms with E-state index in [4.69, 9.17) is 14.7 Å². The molecule has 1 aromatic rings. The van der Waals surface area contributed by atoms with Crippen molar-refractivity contribution in [3.8, 4) is 6.07 Å². The number of hydrogen-bond donors (Lipinski definition) is 2. The summed E-state index contributed by atoms with van der Waals surface area (Å²) in [5, 5.41) is 15.2. The van der Waals surface area contributed by atoms with Crippen LogP contribution in [0.25, 0.3) is 0 Å². The lowest BCUT2D eigenvalue weighted by atomic mass is 10.1. The number of aliphatic imine (C=N–C) groups is 1. The molecule has 6 nitrogen and oxygen atoms in total. The van der Waals surface area contributed by atoms with Crippen molar-refractivity contribution in [1.29, 1.82) is 5.26 Å². The van der Waals surface area contributed by atoms with Crippen molar-refractivity contribution in [1.82, 2.24) is 10.6 Å². The summed E-state index contributed by atoms with van der Waals surface area (Å²) >= 11 is 0. The number of ether oxygens (including phenoxy) is 2. The van der Waals surface area contributed by atoms with Crippen LogP contribution in [0.3, 0.4) is 0 Å². The van der Waals surface area contributed by atoms with Crippen molar-refractivity contribution in [2.75, 3.05) is 40.5 Å². The molecular weight excluding hydrogens is 280 g/mol. The molecule has 0 fully saturated rings. The fourth-order valence-electron chi connectivity index (χ4n) is 1.73. The van der Waals surface area contributed by atoms with Crippen molar-refractivity contribution in [2.45, 2.75) is 13.0 Å². The highest BCUT2D eigenvalue weighted by Gasteiger charge is 1.98. The SMILES string of the molecule is CN=C(NCCCOCCOC)NCc1ccc(C#N)cc1. The van der Waals surface area contributed by atoms with Gasteiger partial charge in [-0.1, -0.05) is 12.1 Å². The Morgan fingerprint density at radius 3 is 2.59 bits per heavy atom. The second-order valence-corrected chi connectivity index (χ2v) is 4.62. The van der Waals surface area contributed by atoms with Crippen LogP contribution >= 0.6 is 0 Å². The van der Waals surface area contributed by atoms with E-state index in [1.165, 1.54) is 0 Å². The van der Waals surface area contributed by atoms with Crippen LogP contribution in [0.2, 0.25) is 0 Å². The standard InChI is InChI=1S/C16H24N4O2/c1-18-16(19-8-3-9-22-11-10-21-2)20-13-15-6-4-14(12-17)5-7-15/h4-7H,3,8-11,13H2,1-2H3,(H2,18,19,20). The van der Waals surface area contributed by atoms with Gasteiger partial charge in [0.05, 0.1) is 24.8 Å². The Morgan fingerprint density at radius 1 is 1.18 bits per heavy atom. The van der Waals surface area contributed by atoms with E-state index in [2.05, 4.69) is 21.7 Å². The quantitative estimate of drug-likeness (QED) is 0.408. The molecule has 0 amide bonds. The highest BCUT2D eigenvalue weighted by atomic mass is 16.5. The first kappa shape index (κ1) is 18.0. The molecule has 1 rings (SSSR count). The zero-order chi connectivity index (χ0) is 16.0. The number of guanidine groups is 1. The average Bonchev–Trinajstić information content (AvgIpc) is 2.57. The van der Waals surface area contributed by atoms with Crippen LogP contribution in [-0.4, -0.2) is 46.5 Å². The summed E-state index contributed by atoms with van der Waals surface area (Å²) < 4.78 is 10.3. The first-order valence-electron chi connectivity index (χ1n) is 7.30. The van der Waals surface area contributed by atoms with Crippen molar-refractivity contribution in [3.63, 3.8) is 0 Å². The molecule has 22 heavy (non-hydrogen) atoms. The zero-order valence-electron chi connectivity index (χ0n) is 13.3. The second kappa shape index (κ2) is 11.5. The van der Waals surface area contributed by atoms with Crippen LogP contribution in [0.5, 0.6) is 0 Å². The maximum absolute atomic E-state index is 8.76. The van der Waals surface area contributed by atoms with Crippen molar-refractivity contribution >= 4 is 5.96 Å². The maximum atomic E-state index is 8.76. The molecule has 0 aliphatic carbocycles. The third-order valence-electron chi connectivity index (χ3n) is 2.96. The molecule has 0 bridgehead atoms. The minimum atomic E-state index is 0.626. The summed E-state index contributed by atoms with van der Waals surface area (Å²) in [6, 6.07) is 9.59. The minimum absolute atomic E-state index is 0.626. The Labute approximate surface area is 132 Å². The molecule has 0 atom stereocenters. The molecule has 0 spiro atoms. The van der Waals surface area contributed by atoms with E-state index in [-0.39, 0.29) is 0 Å². The summed E-state index contributed by atoms with van der Waals surface area (Å²) in [6.45, 7) is 3.40. The van der Waals surface area contributed by atoms with Gasteiger partial charge in [-0.3, -0.25) is 4.99 Å². The molecular formula is C16H24N4O2. The van der Waals surface area contributed by atoms with Crippen LogP contribution < -0.4 is 10.6 Å². The van der Waals surface area contributed by atoms with Crippen LogP contribution in [-0.2, 0) is 16.0 Å². The summed E-state index contributed by atoms with van der Waals surface area (Å²) in [5.41, 5.74) is 1.77. The van der Waals surface area contributed by atoms with E-state index in [0.29, 0.717) is 31.9 Å². The fraction of sp³-hybridized carbons (Fsp3) is 0.500. The van der Waals surface area contributed by atoms with Crippen LogP contribution in [0.1, 0.15) is 17.5 Å². The second-order valence-electron chi connectivity index (χ2n) is 4.62. The van der Waals surface area contributed by atoms with Gasteiger partial charge in [0.15, 0.2) is 5.96 Å². The number of rotatable bonds is 9. The highest BCUT2D eigenvalue weighted by molar-refractivity contribution is 5.79. The number of nitrogens with one attached hydrogen (secondary N) is 2. The molecule has 1 aromatic carbocycles. The molecule has 0 saturated carbocycles. The predicted molar refractivity (Wildman–Crippen MR) is 86.7 cm³/mol. The van der Waals surface area contributed by atoms with Crippen molar-refractivity contribution in [2.24, 2.45) is 4.99 Å². The molecule has 0 radical (unpaired) electrons. The topological polar surface area (TPSA) is 78.7 Å². The first-order valence-corrected chi connectivity index (χ1v) is 7.30. The molecule has 0 aliphatic heterocycles. The lowest BCUT2D eigenvalue weighted by Gasteiger charge is -2.12.